The molecule has 0 heterocycles. The lowest BCUT2D eigenvalue weighted by Crippen LogP contribution is -2.42. The molecule has 106 valence electrons. The second-order valence-corrected chi connectivity index (χ2v) is 7.01. The fourth-order valence-corrected chi connectivity index (χ4v) is 3.33. The zero-order chi connectivity index (χ0) is 13.9. The minimum absolute atomic E-state index is 0.265. The van der Waals surface area contributed by atoms with E-state index in [4.69, 9.17) is 0 Å². The number of hydrogen-bond acceptors (Lipinski definition) is 2. The molecule has 0 aliphatic heterocycles. The second-order valence-electron chi connectivity index (χ2n) is 7.01. The number of hydrogen-bond donors (Lipinski definition) is 0. The van der Waals surface area contributed by atoms with Gasteiger partial charge in [-0.1, -0.05) is 27.7 Å². The van der Waals surface area contributed by atoms with Crippen molar-refractivity contribution in [1.29, 1.82) is 0 Å². The van der Waals surface area contributed by atoms with Crippen LogP contribution in [0.1, 0.15) is 53.9 Å². The summed E-state index contributed by atoms with van der Waals surface area (Å²) in [5.41, 5.74) is 0. The van der Waals surface area contributed by atoms with E-state index in [0.717, 1.165) is 18.9 Å². The highest BCUT2D eigenvalue weighted by Gasteiger charge is 2.33. The van der Waals surface area contributed by atoms with Gasteiger partial charge in [-0.3, -0.25) is 4.79 Å². The van der Waals surface area contributed by atoms with Gasteiger partial charge in [-0.2, -0.15) is 0 Å². The highest BCUT2D eigenvalue weighted by molar-refractivity contribution is 5.82. The first-order valence-corrected chi connectivity index (χ1v) is 7.54. The summed E-state index contributed by atoms with van der Waals surface area (Å²) in [5.74, 6) is 2.62. The fourth-order valence-electron chi connectivity index (χ4n) is 3.33. The quantitative estimate of drug-likeness (QED) is 0.746. The van der Waals surface area contributed by atoms with Crippen LogP contribution in [-0.2, 0) is 4.79 Å². The van der Waals surface area contributed by atoms with Crippen LogP contribution in [0.3, 0.4) is 0 Å². The Labute approximate surface area is 113 Å². The SMILES string of the molecule is CC(C)CC(C)N(C)CC1C(=O)CC(C)CC1C. The molecule has 1 aliphatic carbocycles. The average Bonchev–Trinajstić information content (AvgIpc) is 2.21. The van der Waals surface area contributed by atoms with Gasteiger partial charge in [0, 0.05) is 24.9 Å². The van der Waals surface area contributed by atoms with Crippen molar-refractivity contribution < 1.29 is 4.79 Å². The number of nitrogens with zero attached hydrogens (tertiary/aromatic N) is 1. The van der Waals surface area contributed by atoms with Gasteiger partial charge in [0.2, 0.25) is 0 Å². The molecule has 18 heavy (non-hydrogen) atoms. The summed E-state index contributed by atoms with van der Waals surface area (Å²) in [6.07, 6.45) is 3.21. The Morgan fingerprint density at radius 3 is 2.39 bits per heavy atom. The van der Waals surface area contributed by atoms with Crippen molar-refractivity contribution in [3.8, 4) is 0 Å². The normalized spacial score (nSPS) is 31.1. The van der Waals surface area contributed by atoms with Crippen molar-refractivity contribution in [2.75, 3.05) is 13.6 Å². The summed E-state index contributed by atoms with van der Waals surface area (Å²) in [5, 5.41) is 0. The Morgan fingerprint density at radius 1 is 1.28 bits per heavy atom. The molecule has 1 fully saturated rings. The topological polar surface area (TPSA) is 20.3 Å². The molecular weight excluding hydrogens is 222 g/mol. The molecule has 0 aromatic heterocycles. The van der Waals surface area contributed by atoms with E-state index in [1.165, 1.54) is 12.8 Å². The highest BCUT2D eigenvalue weighted by atomic mass is 16.1. The predicted molar refractivity (Wildman–Crippen MR) is 77.6 cm³/mol. The van der Waals surface area contributed by atoms with Crippen molar-refractivity contribution in [3.05, 3.63) is 0 Å². The van der Waals surface area contributed by atoms with E-state index >= 15 is 0 Å². The number of ketones is 1. The molecule has 0 saturated heterocycles. The molecule has 0 bridgehead atoms. The van der Waals surface area contributed by atoms with E-state index in [0.29, 0.717) is 23.7 Å². The molecule has 4 atom stereocenters. The third-order valence-electron chi connectivity index (χ3n) is 4.47. The molecule has 0 aromatic rings. The minimum Gasteiger partial charge on any atom is -0.303 e. The van der Waals surface area contributed by atoms with Crippen molar-refractivity contribution in [3.63, 3.8) is 0 Å². The van der Waals surface area contributed by atoms with Crippen LogP contribution in [0.2, 0.25) is 0 Å². The first-order chi connectivity index (χ1) is 8.31. The molecule has 2 heteroatoms. The molecule has 4 unspecified atom stereocenters. The monoisotopic (exact) mass is 253 g/mol. The summed E-state index contributed by atoms with van der Waals surface area (Å²) >= 11 is 0. The summed E-state index contributed by atoms with van der Waals surface area (Å²) in [7, 11) is 2.17. The third kappa shape index (κ3) is 4.38. The smallest absolute Gasteiger partial charge is 0.137 e. The van der Waals surface area contributed by atoms with Gasteiger partial charge in [-0.05, 0) is 44.6 Å². The Bertz CT molecular complexity index is 274. The molecule has 0 N–H and O–H groups in total. The van der Waals surface area contributed by atoms with Crippen LogP contribution in [0.25, 0.3) is 0 Å². The van der Waals surface area contributed by atoms with Gasteiger partial charge in [0.1, 0.15) is 5.78 Å². The highest BCUT2D eigenvalue weighted by Crippen LogP contribution is 2.31. The molecule has 0 radical (unpaired) electrons. The van der Waals surface area contributed by atoms with E-state index < -0.39 is 0 Å². The Morgan fingerprint density at radius 2 is 1.89 bits per heavy atom. The van der Waals surface area contributed by atoms with Gasteiger partial charge in [0.25, 0.3) is 0 Å². The molecule has 0 spiro atoms. The van der Waals surface area contributed by atoms with Crippen LogP contribution in [-0.4, -0.2) is 30.3 Å². The van der Waals surface area contributed by atoms with Crippen molar-refractivity contribution in [2.45, 2.75) is 59.9 Å². The molecule has 1 rings (SSSR count). The number of carbonyl (C=O) groups excluding carboxylic acids is 1. The summed E-state index contributed by atoms with van der Waals surface area (Å²) < 4.78 is 0. The number of carbonyl (C=O) groups is 1. The van der Waals surface area contributed by atoms with Gasteiger partial charge in [-0.15, -0.1) is 0 Å². The van der Waals surface area contributed by atoms with Gasteiger partial charge < -0.3 is 4.90 Å². The van der Waals surface area contributed by atoms with Crippen molar-refractivity contribution in [1.82, 2.24) is 4.90 Å². The molecule has 2 nitrogen and oxygen atoms in total. The van der Waals surface area contributed by atoms with Crippen LogP contribution in [0, 0.1) is 23.7 Å². The summed E-state index contributed by atoms with van der Waals surface area (Å²) in [4.78, 5) is 14.6. The summed E-state index contributed by atoms with van der Waals surface area (Å²) in [6, 6.07) is 0.573. The average molecular weight is 253 g/mol. The maximum atomic E-state index is 12.2. The van der Waals surface area contributed by atoms with Crippen LogP contribution in [0.4, 0.5) is 0 Å². The van der Waals surface area contributed by atoms with Gasteiger partial charge in [0.15, 0.2) is 0 Å². The lowest BCUT2D eigenvalue weighted by Gasteiger charge is -2.36. The zero-order valence-electron chi connectivity index (χ0n) is 13.1. The van der Waals surface area contributed by atoms with Crippen molar-refractivity contribution >= 4 is 5.78 Å². The van der Waals surface area contributed by atoms with Gasteiger partial charge >= 0.3 is 0 Å². The van der Waals surface area contributed by atoms with E-state index in [-0.39, 0.29) is 5.92 Å². The number of rotatable bonds is 5. The number of Topliss-reactive ketones (excluding diaryl/α,β-unsaturated/α-hetero) is 1. The standard InChI is InChI=1S/C16H31NO/c1-11(2)7-14(5)17(6)10-15-13(4)8-12(3)9-16(15)18/h11-15H,7-10H2,1-6H3. The molecular formula is C16H31NO. The maximum Gasteiger partial charge on any atom is 0.137 e. The molecule has 1 saturated carbocycles. The molecule has 0 aromatic carbocycles. The maximum absolute atomic E-state index is 12.2. The van der Waals surface area contributed by atoms with Gasteiger partial charge in [0.05, 0.1) is 0 Å². The lowest BCUT2D eigenvalue weighted by molar-refractivity contribution is -0.128. The van der Waals surface area contributed by atoms with Crippen LogP contribution in [0.15, 0.2) is 0 Å². The second kappa shape index (κ2) is 6.70. The van der Waals surface area contributed by atoms with E-state index in [1.807, 2.05) is 0 Å². The van der Waals surface area contributed by atoms with Crippen LogP contribution >= 0.6 is 0 Å². The lowest BCUT2D eigenvalue weighted by atomic mass is 9.74. The molecule has 0 amide bonds. The van der Waals surface area contributed by atoms with Gasteiger partial charge in [-0.25, -0.2) is 0 Å². The predicted octanol–water partition coefficient (Wildman–Crippen LogP) is 3.60. The summed E-state index contributed by atoms with van der Waals surface area (Å²) in [6.45, 7) is 12.2. The Kier molecular flexibility index (Phi) is 5.84. The fraction of sp³-hybridized carbons (Fsp3) is 0.938. The van der Waals surface area contributed by atoms with Crippen LogP contribution in [0.5, 0.6) is 0 Å². The minimum atomic E-state index is 0.265. The van der Waals surface area contributed by atoms with Crippen molar-refractivity contribution in [2.24, 2.45) is 23.7 Å². The zero-order valence-corrected chi connectivity index (χ0v) is 13.1. The third-order valence-corrected chi connectivity index (χ3v) is 4.47. The Hall–Kier alpha value is -0.370. The van der Waals surface area contributed by atoms with E-state index in [1.54, 1.807) is 0 Å². The van der Waals surface area contributed by atoms with Crippen LogP contribution < -0.4 is 0 Å². The largest absolute Gasteiger partial charge is 0.303 e. The first-order valence-electron chi connectivity index (χ1n) is 7.54. The molecule has 1 aliphatic rings. The Balaban J connectivity index is 2.52. The first kappa shape index (κ1) is 15.7. The van der Waals surface area contributed by atoms with E-state index in [9.17, 15) is 4.79 Å². The van der Waals surface area contributed by atoms with E-state index in [2.05, 4.69) is 46.6 Å².